The Hall–Kier alpha value is -4.43. The summed E-state index contributed by atoms with van der Waals surface area (Å²) in [5.41, 5.74) is 3.45. The molecule has 1 aliphatic rings. The SMILES string of the molecule is COC(=O)Cc1ccc2c(c1)NC(=O)C(C)CC/C=C(/c1ccc(-c3c(F)ccc(Cl)c3F)cn1)c1ccc(F)c-2c1. The molecule has 0 fully saturated rings. The van der Waals surface area contributed by atoms with Crippen LogP contribution >= 0.6 is 11.6 Å². The minimum absolute atomic E-state index is 0.00470. The minimum atomic E-state index is -0.875. The van der Waals surface area contributed by atoms with Crippen LogP contribution < -0.4 is 5.32 Å². The van der Waals surface area contributed by atoms with Gasteiger partial charge >= 0.3 is 5.97 Å². The van der Waals surface area contributed by atoms with Gasteiger partial charge in [0.1, 0.15) is 11.6 Å². The van der Waals surface area contributed by atoms with Gasteiger partial charge in [-0.2, -0.15) is 0 Å². The Morgan fingerprint density at radius 1 is 1.00 bits per heavy atom. The van der Waals surface area contributed by atoms with Crippen LogP contribution in [0.5, 0.6) is 0 Å². The van der Waals surface area contributed by atoms with Crippen molar-refractivity contribution in [2.75, 3.05) is 12.4 Å². The molecule has 1 atom stereocenters. The van der Waals surface area contributed by atoms with Crippen LogP contribution in [0.2, 0.25) is 5.02 Å². The van der Waals surface area contributed by atoms with E-state index in [1.165, 1.54) is 19.4 Å². The summed E-state index contributed by atoms with van der Waals surface area (Å²) in [7, 11) is 1.29. The summed E-state index contributed by atoms with van der Waals surface area (Å²) in [5, 5.41) is 2.71. The number of nitrogens with one attached hydrogen (secondary N) is 1. The molecule has 0 saturated carbocycles. The van der Waals surface area contributed by atoms with E-state index in [2.05, 4.69) is 10.3 Å². The maximum absolute atomic E-state index is 15.3. The lowest BCUT2D eigenvalue weighted by Gasteiger charge is -2.19. The van der Waals surface area contributed by atoms with Crippen LogP contribution in [-0.2, 0) is 20.7 Å². The van der Waals surface area contributed by atoms with Crippen molar-refractivity contribution in [2.45, 2.75) is 26.2 Å². The van der Waals surface area contributed by atoms with E-state index in [-0.39, 0.29) is 40.0 Å². The van der Waals surface area contributed by atoms with Crippen LogP contribution in [0.3, 0.4) is 0 Å². The molecule has 5 nitrogen and oxygen atoms in total. The first-order valence-corrected chi connectivity index (χ1v) is 13.7. The number of aromatic nitrogens is 1. The molecule has 5 rings (SSSR count). The molecule has 214 valence electrons. The van der Waals surface area contributed by atoms with Gasteiger partial charge in [0.25, 0.3) is 0 Å². The standard InChI is InChI=1S/C33H26ClF3N2O3/c1-18-4-3-5-22(28-13-8-21(17-38-28)31-27(36)12-10-25(34)32(31)37)20-7-11-26(35)24(16-20)23-9-6-19(15-30(40)42-2)14-29(23)39-33(18)41/h5-14,16-18H,3-4,15H2,1-2H3,(H,39,41)/b22-5+. The molecule has 4 aromatic rings. The predicted molar refractivity (Wildman–Crippen MR) is 156 cm³/mol. The quantitative estimate of drug-likeness (QED) is 0.193. The molecule has 9 heteroatoms. The summed E-state index contributed by atoms with van der Waals surface area (Å²) < 4.78 is 49.2. The van der Waals surface area contributed by atoms with Crippen molar-refractivity contribution in [1.82, 2.24) is 4.98 Å². The molecule has 0 radical (unpaired) electrons. The highest BCUT2D eigenvalue weighted by Crippen LogP contribution is 2.36. The molecule has 0 aliphatic carbocycles. The fraction of sp³-hybridized carbons (Fsp3) is 0.182. The topological polar surface area (TPSA) is 68.3 Å². The summed E-state index contributed by atoms with van der Waals surface area (Å²) >= 11 is 5.87. The summed E-state index contributed by atoms with van der Waals surface area (Å²) in [5.74, 6) is -3.21. The number of methoxy groups -OCH3 is 1. The zero-order valence-corrected chi connectivity index (χ0v) is 23.6. The van der Waals surface area contributed by atoms with Crippen molar-refractivity contribution in [3.63, 3.8) is 0 Å². The Balaban J connectivity index is 1.61. The number of benzene rings is 3. The largest absolute Gasteiger partial charge is 0.469 e. The van der Waals surface area contributed by atoms with Gasteiger partial charge in [0.05, 0.1) is 29.8 Å². The second-order valence-corrected chi connectivity index (χ2v) is 10.5. The maximum atomic E-state index is 15.3. The zero-order chi connectivity index (χ0) is 30.0. The summed E-state index contributed by atoms with van der Waals surface area (Å²) in [6.07, 6.45) is 4.30. The third-order valence-corrected chi connectivity index (χ3v) is 7.55. The molecular formula is C33H26ClF3N2O3. The average Bonchev–Trinajstić information content (AvgIpc) is 2.98. The monoisotopic (exact) mass is 590 g/mol. The van der Waals surface area contributed by atoms with Crippen molar-refractivity contribution >= 4 is 34.7 Å². The number of carbonyl (C=O) groups excluding carboxylic acids is 2. The number of ether oxygens (including phenoxy) is 1. The third-order valence-electron chi connectivity index (χ3n) is 7.25. The first-order chi connectivity index (χ1) is 20.2. The van der Waals surface area contributed by atoms with E-state index in [4.69, 9.17) is 16.3 Å². The van der Waals surface area contributed by atoms with Crippen molar-refractivity contribution in [3.8, 4) is 22.3 Å². The molecule has 2 heterocycles. The molecule has 1 aromatic heterocycles. The Morgan fingerprint density at radius 3 is 2.50 bits per heavy atom. The number of rotatable bonds is 4. The van der Waals surface area contributed by atoms with Gasteiger partial charge in [-0.05, 0) is 60.4 Å². The van der Waals surface area contributed by atoms with Gasteiger partial charge in [0.15, 0.2) is 5.82 Å². The van der Waals surface area contributed by atoms with Gasteiger partial charge in [0, 0.05) is 40.1 Å². The van der Waals surface area contributed by atoms with E-state index >= 15 is 4.39 Å². The van der Waals surface area contributed by atoms with Gasteiger partial charge < -0.3 is 10.1 Å². The van der Waals surface area contributed by atoms with Crippen molar-refractivity contribution in [1.29, 1.82) is 0 Å². The Morgan fingerprint density at radius 2 is 1.76 bits per heavy atom. The molecule has 2 bridgehead atoms. The summed E-state index contributed by atoms with van der Waals surface area (Å²) in [4.78, 5) is 29.5. The van der Waals surface area contributed by atoms with Gasteiger partial charge in [-0.1, -0.05) is 48.9 Å². The lowest BCUT2D eigenvalue weighted by Crippen LogP contribution is -2.21. The van der Waals surface area contributed by atoms with Crippen LogP contribution in [0.4, 0.5) is 18.9 Å². The van der Waals surface area contributed by atoms with Gasteiger partial charge in [-0.3, -0.25) is 14.6 Å². The molecule has 0 saturated heterocycles. The first kappa shape index (κ1) is 29.1. The predicted octanol–water partition coefficient (Wildman–Crippen LogP) is 8.00. The molecule has 3 aromatic carbocycles. The number of fused-ring (bicyclic) bond motifs is 4. The van der Waals surface area contributed by atoms with E-state index in [9.17, 15) is 18.4 Å². The number of hydrogen-bond acceptors (Lipinski definition) is 4. The second kappa shape index (κ2) is 12.2. The van der Waals surface area contributed by atoms with Crippen molar-refractivity contribution in [3.05, 3.63) is 112 Å². The lowest BCUT2D eigenvalue weighted by molar-refractivity contribution is -0.139. The van der Waals surface area contributed by atoms with Crippen molar-refractivity contribution < 1.29 is 27.5 Å². The van der Waals surface area contributed by atoms with Crippen molar-refractivity contribution in [2.24, 2.45) is 5.92 Å². The molecular weight excluding hydrogens is 565 g/mol. The molecule has 1 amide bonds. The van der Waals surface area contributed by atoms with Crippen LogP contribution in [0.15, 0.2) is 72.9 Å². The zero-order valence-electron chi connectivity index (χ0n) is 22.8. The number of amides is 1. The fourth-order valence-corrected chi connectivity index (χ4v) is 5.06. The fourth-order valence-electron chi connectivity index (χ4n) is 4.91. The van der Waals surface area contributed by atoms with Crippen LogP contribution in [0.1, 0.15) is 36.6 Å². The third kappa shape index (κ3) is 5.94. The van der Waals surface area contributed by atoms with E-state index < -0.39 is 23.4 Å². The van der Waals surface area contributed by atoms with Gasteiger partial charge in [-0.15, -0.1) is 0 Å². The summed E-state index contributed by atoms with van der Waals surface area (Å²) in [6.45, 7) is 1.80. The number of esters is 1. The van der Waals surface area contributed by atoms with Crippen LogP contribution in [0.25, 0.3) is 27.8 Å². The number of hydrogen-bond donors (Lipinski definition) is 1. The normalized spacial score (nSPS) is 16.3. The Kier molecular flexibility index (Phi) is 8.45. The number of nitrogens with zero attached hydrogens (tertiary/aromatic N) is 1. The molecule has 1 N–H and O–H groups in total. The summed E-state index contributed by atoms with van der Waals surface area (Å²) in [6, 6.07) is 15.1. The number of pyridine rings is 1. The van der Waals surface area contributed by atoms with E-state index in [0.717, 1.165) is 12.1 Å². The van der Waals surface area contributed by atoms with Crippen LogP contribution in [-0.4, -0.2) is 24.0 Å². The smallest absolute Gasteiger partial charge is 0.309 e. The van der Waals surface area contributed by atoms with Gasteiger partial charge in [-0.25, -0.2) is 13.2 Å². The highest BCUT2D eigenvalue weighted by molar-refractivity contribution is 6.31. The Labute approximate surface area is 246 Å². The van der Waals surface area contributed by atoms with E-state index in [1.807, 2.05) is 6.08 Å². The van der Waals surface area contributed by atoms with Gasteiger partial charge in [0.2, 0.25) is 5.91 Å². The van der Waals surface area contributed by atoms with Crippen LogP contribution in [0, 0.1) is 23.4 Å². The highest BCUT2D eigenvalue weighted by atomic mass is 35.5. The second-order valence-electron chi connectivity index (χ2n) is 10.1. The molecule has 1 aliphatic heterocycles. The Bertz CT molecular complexity index is 1720. The average molecular weight is 591 g/mol. The number of anilines is 1. The lowest BCUT2D eigenvalue weighted by atomic mass is 9.92. The molecule has 1 unspecified atom stereocenters. The number of halogens is 4. The molecule has 42 heavy (non-hydrogen) atoms. The molecule has 0 spiro atoms. The minimum Gasteiger partial charge on any atom is -0.469 e. The number of carbonyl (C=O) groups is 2. The highest BCUT2D eigenvalue weighted by Gasteiger charge is 2.21. The number of allylic oxidation sites excluding steroid dienone is 1. The maximum Gasteiger partial charge on any atom is 0.309 e. The van der Waals surface area contributed by atoms with E-state index in [1.54, 1.807) is 49.4 Å². The first-order valence-electron chi connectivity index (χ1n) is 13.3. The van der Waals surface area contributed by atoms with E-state index in [0.29, 0.717) is 46.5 Å².